The molecule has 0 bridgehead atoms. The minimum Gasteiger partial charge on any atom is -0.497 e. The van der Waals surface area contributed by atoms with Gasteiger partial charge in [-0.15, -0.1) is 0 Å². The van der Waals surface area contributed by atoms with Crippen molar-refractivity contribution >= 4 is 5.91 Å². The number of methoxy groups -OCH3 is 1. The monoisotopic (exact) mass is 332 g/mol. The van der Waals surface area contributed by atoms with Crippen molar-refractivity contribution in [3.8, 4) is 5.75 Å². The SMILES string of the molecule is CC[C@@H](C(=O)N1CCc2ccc(OC)cc2CC1)N1CCOCC1. The molecular weight excluding hydrogens is 304 g/mol. The zero-order valence-electron chi connectivity index (χ0n) is 14.8. The average Bonchev–Trinajstić information content (AvgIpc) is 2.85. The number of carbonyl (C=O) groups is 1. The van der Waals surface area contributed by atoms with Crippen LogP contribution in [0.5, 0.6) is 5.75 Å². The summed E-state index contributed by atoms with van der Waals surface area (Å²) >= 11 is 0. The number of morpholine rings is 1. The second-order valence-corrected chi connectivity index (χ2v) is 6.53. The molecule has 132 valence electrons. The zero-order chi connectivity index (χ0) is 16.9. The van der Waals surface area contributed by atoms with Gasteiger partial charge in [-0.3, -0.25) is 9.69 Å². The number of fused-ring (bicyclic) bond motifs is 1. The lowest BCUT2D eigenvalue weighted by Gasteiger charge is -2.36. The highest BCUT2D eigenvalue weighted by Gasteiger charge is 2.30. The number of carbonyl (C=O) groups excluding carboxylic acids is 1. The van der Waals surface area contributed by atoms with E-state index in [0.717, 1.165) is 64.4 Å². The van der Waals surface area contributed by atoms with E-state index < -0.39 is 0 Å². The summed E-state index contributed by atoms with van der Waals surface area (Å²) in [4.78, 5) is 17.4. The Bertz CT molecular complexity index is 570. The number of hydrogen-bond donors (Lipinski definition) is 0. The Morgan fingerprint density at radius 3 is 2.54 bits per heavy atom. The second kappa shape index (κ2) is 7.99. The average molecular weight is 332 g/mol. The fourth-order valence-electron chi connectivity index (χ4n) is 3.74. The lowest BCUT2D eigenvalue weighted by atomic mass is 10.0. The van der Waals surface area contributed by atoms with Crippen molar-refractivity contribution in [2.24, 2.45) is 0 Å². The van der Waals surface area contributed by atoms with E-state index in [1.165, 1.54) is 11.1 Å². The first-order chi connectivity index (χ1) is 11.7. The Morgan fingerprint density at radius 1 is 1.17 bits per heavy atom. The van der Waals surface area contributed by atoms with Gasteiger partial charge in [0.1, 0.15) is 5.75 Å². The molecule has 2 heterocycles. The summed E-state index contributed by atoms with van der Waals surface area (Å²) in [5.74, 6) is 1.17. The summed E-state index contributed by atoms with van der Waals surface area (Å²) in [6.45, 7) is 6.88. The first-order valence-electron chi connectivity index (χ1n) is 8.99. The third-order valence-corrected chi connectivity index (χ3v) is 5.19. The topological polar surface area (TPSA) is 42.0 Å². The van der Waals surface area contributed by atoms with Crippen LogP contribution in [0.2, 0.25) is 0 Å². The van der Waals surface area contributed by atoms with Gasteiger partial charge in [0, 0.05) is 26.2 Å². The molecule has 0 aliphatic carbocycles. The molecule has 1 aromatic rings. The Kier molecular flexibility index (Phi) is 5.74. The molecule has 1 fully saturated rings. The van der Waals surface area contributed by atoms with E-state index in [-0.39, 0.29) is 11.9 Å². The molecular formula is C19H28N2O3. The molecule has 2 aliphatic heterocycles. The van der Waals surface area contributed by atoms with Gasteiger partial charge in [-0.25, -0.2) is 0 Å². The molecule has 2 aliphatic rings. The predicted molar refractivity (Wildman–Crippen MR) is 93.5 cm³/mol. The van der Waals surface area contributed by atoms with Crippen molar-refractivity contribution in [2.45, 2.75) is 32.2 Å². The van der Waals surface area contributed by atoms with Crippen LogP contribution in [0.15, 0.2) is 18.2 Å². The third kappa shape index (κ3) is 3.73. The Hall–Kier alpha value is -1.59. The van der Waals surface area contributed by atoms with Gasteiger partial charge < -0.3 is 14.4 Å². The van der Waals surface area contributed by atoms with Crippen LogP contribution in [-0.2, 0) is 22.4 Å². The summed E-state index contributed by atoms with van der Waals surface area (Å²) in [7, 11) is 1.70. The van der Waals surface area contributed by atoms with Gasteiger partial charge in [0.2, 0.25) is 5.91 Å². The van der Waals surface area contributed by atoms with Gasteiger partial charge in [0.15, 0.2) is 0 Å². The number of benzene rings is 1. The van der Waals surface area contributed by atoms with Crippen LogP contribution in [0, 0.1) is 0 Å². The molecule has 1 saturated heterocycles. The Balaban J connectivity index is 1.68. The fourth-order valence-corrected chi connectivity index (χ4v) is 3.74. The minimum absolute atomic E-state index is 0.00958. The minimum atomic E-state index is -0.00958. The van der Waals surface area contributed by atoms with Gasteiger partial charge >= 0.3 is 0 Å². The molecule has 1 aromatic carbocycles. The van der Waals surface area contributed by atoms with Crippen LogP contribution in [0.1, 0.15) is 24.5 Å². The molecule has 24 heavy (non-hydrogen) atoms. The van der Waals surface area contributed by atoms with Crippen LogP contribution >= 0.6 is 0 Å². The molecule has 0 aromatic heterocycles. The van der Waals surface area contributed by atoms with E-state index in [1.807, 2.05) is 6.07 Å². The van der Waals surface area contributed by atoms with Crippen molar-refractivity contribution in [2.75, 3.05) is 46.5 Å². The number of rotatable bonds is 4. The maximum atomic E-state index is 13.1. The van der Waals surface area contributed by atoms with Crippen molar-refractivity contribution in [3.63, 3.8) is 0 Å². The molecule has 5 heteroatoms. The van der Waals surface area contributed by atoms with Crippen LogP contribution in [0.3, 0.4) is 0 Å². The van der Waals surface area contributed by atoms with Crippen molar-refractivity contribution < 1.29 is 14.3 Å². The largest absolute Gasteiger partial charge is 0.497 e. The molecule has 1 amide bonds. The maximum absolute atomic E-state index is 13.1. The Morgan fingerprint density at radius 2 is 1.88 bits per heavy atom. The van der Waals surface area contributed by atoms with E-state index in [1.54, 1.807) is 7.11 Å². The lowest BCUT2D eigenvalue weighted by Crippen LogP contribution is -2.52. The highest BCUT2D eigenvalue weighted by Crippen LogP contribution is 2.22. The molecule has 0 N–H and O–H groups in total. The van der Waals surface area contributed by atoms with E-state index in [2.05, 4.69) is 28.9 Å². The van der Waals surface area contributed by atoms with Crippen molar-refractivity contribution in [1.29, 1.82) is 0 Å². The van der Waals surface area contributed by atoms with Gasteiger partial charge in [0.25, 0.3) is 0 Å². The molecule has 5 nitrogen and oxygen atoms in total. The summed E-state index contributed by atoms with van der Waals surface area (Å²) in [6, 6.07) is 6.26. The zero-order valence-corrected chi connectivity index (χ0v) is 14.8. The predicted octanol–water partition coefficient (Wildman–Crippen LogP) is 1.73. The van der Waals surface area contributed by atoms with Crippen molar-refractivity contribution in [1.82, 2.24) is 9.80 Å². The Labute approximate surface area is 144 Å². The maximum Gasteiger partial charge on any atom is 0.239 e. The van der Waals surface area contributed by atoms with E-state index in [4.69, 9.17) is 9.47 Å². The smallest absolute Gasteiger partial charge is 0.239 e. The highest BCUT2D eigenvalue weighted by atomic mass is 16.5. The normalized spacial score (nSPS) is 20.2. The van der Waals surface area contributed by atoms with E-state index in [0.29, 0.717) is 0 Å². The van der Waals surface area contributed by atoms with Gasteiger partial charge in [-0.1, -0.05) is 13.0 Å². The summed E-state index contributed by atoms with van der Waals surface area (Å²) in [5.41, 5.74) is 2.65. The summed E-state index contributed by atoms with van der Waals surface area (Å²) in [6.07, 6.45) is 2.68. The number of hydrogen-bond acceptors (Lipinski definition) is 4. The summed E-state index contributed by atoms with van der Waals surface area (Å²) < 4.78 is 10.8. The highest BCUT2D eigenvalue weighted by molar-refractivity contribution is 5.82. The summed E-state index contributed by atoms with van der Waals surface area (Å²) in [5, 5.41) is 0. The standard InChI is InChI=1S/C19H28N2O3/c1-3-18(20-10-12-24-13-11-20)19(22)21-8-6-15-4-5-17(23-2)14-16(15)7-9-21/h4-5,14,18H,3,6-13H2,1-2H3/t18-/m0/s1. The van der Waals surface area contributed by atoms with Crippen molar-refractivity contribution in [3.05, 3.63) is 29.3 Å². The fraction of sp³-hybridized carbons (Fsp3) is 0.632. The molecule has 0 unspecified atom stereocenters. The molecule has 0 radical (unpaired) electrons. The number of amides is 1. The molecule has 3 rings (SSSR count). The van der Waals surface area contributed by atoms with Crippen LogP contribution in [0.4, 0.5) is 0 Å². The second-order valence-electron chi connectivity index (χ2n) is 6.53. The molecule has 1 atom stereocenters. The van der Waals surface area contributed by atoms with Gasteiger partial charge in [-0.05, 0) is 42.5 Å². The van der Waals surface area contributed by atoms with E-state index in [9.17, 15) is 4.79 Å². The van der Waals surface area contributed by atoms with Crippen LogP contribution in [0.25, 0.3) is 0 Å². The quantitative estimate of drug-likeness (QED) is 0.842. The lowest BCUT2D eigenvalue weighted by molar-refractivity contribution is -0.138. The van der Waals surface area contributed by atoms with Crippen LogP contribution < -0.4 is 4.74 Å². The first kappa shape index (κ1) is 17.2. The van der Waals surface area contributed by atoms with E-state index >= 15 is 0 Å². The van der Waals surface area contributed by atoms with Gasteiger partial charge in [-0.2, -0.15) is 0 Å². The number of nitrogens with zero attached hydrogens (tertiary/aromatic N) is 2. The molecule has 0 saturated carbocycles. The van der Waals surface area contributed by atoms with Crippen LogP contribution in [-0.4, -0.2) is 68.3 Å². The first-order valence-corrected chi connectivity index (χ1v) is 8.99. The third-order valence-electron chi connectivity index (χ3n) is 5.19. The number of ether oxygens (including phenoxy) is 2. The molecule has 0 spiro atoms. The van der Waals surface area contributed by atoms with Gasteiger partial charge in [0.05, 0.1) is 26.4 Å².